The van der Waals surface area contributed by atoms with Crippen LogP contribution in [0.3, 0.4) is 0 Å². The summed E-state index contributed by atoms with van der Waals surface area (Å²) in [6, 6.07) is 0. The molecule has 0 aliphatic carbocycles. The number of rotatable bonds is 0. The SMILES string of the molecule is CC(I)=CC(F)(F)F. The normalized spacial score (nSPS) is 14.4. The molecule has 8 heavy (non-hydrogen) atoms. The first-order chi connectivity index (χ1) is 3.42. The minimum atomic E-state index is -4.15. The molecule has 0 aliphatic rings. The van der Waals surface area contributed by atoms with E-state index in [9.17, 15) is 13.2 Å². The van der Waals surface area contributed by atoms with Gasteiger partial charge in [0.1, 0.15) is 0 Å². The summed E-state index contributed by atoms with van der Waals surface area (Å²) in [7, 11) is 0. The van der Waals surface area contributed by atoms with E-state index in [1.54, 1.807) is 22.6 Å². The van der Waals surface area contributed by atoms with Gasteiger partial charge in [-0.1, -0.05) is 0 Å². The molecule has 0 aliphatic heterocycles. The van der Waals surface area contributed by atoms with Crippen LogP contribution in [0.15, 0.2) is 9.66 Å². The van der Waals surface area contributed by atoms with E-state index in [0.717, 1.165) is 0 Å². The van der Waals surface area contributed by atoms with Gasteiger partial charge in [-0.3, -0.25) is 0 Å². The lowest BCUT2D eigenvalue weighted by atomic mass is 10.5. The van der Waals surface area contributed by atoms with Crippen molar-refractivity contribution in [1.29, 1.82) is 0 Å². The molecule has 0 amide bonds. The fourth-order valence-electron chi connectivity index (χ4n) is 0.226. The molecule has 0 aromatic heterocycles. The molecular weight excluding hydrogens is 232 g/mol. The Balaban J connectivity index is 3.89. The minimum Gasteiger partial charge on any atom is -0.167 e. The van der Waals surface area contributed by atoms with Gasteiger partial charge in [0.15, 0.2) is 0 Å². The molecule has 0 bridgehead atoms. The zero-order valence-corrected chi connectivity index (χ0v) is 6.25. The van der Waals surface area contributed by atoms with Gasteiger partial charge < -0.3 is 0 Å². The third-order valence-corrected chi connectivity index (χ3v) is 0.674. The van der Waals surface area contributed by atoms with E-state index < -0.39 is 6.18 Å². The highest BCUT2D eigenvalue weighted by atomic mass is 127. The Labute approximate surface area is 58.9 Å². The second-order valence-corrected chi connectivity index (χ2v) is 2.97. The molecule has 0 radical (unpaired) electrons. The van der Waals surface area contributed by atoms with Crippen molar-refractivity contribution in [2.45, 2.75) is 13.1 Å². The number of hydrogen-bond donors (Lipinski definition) is 0. The van der Waals surface area contributed by atoms with Gasteiger partial charge in [-0.15, -0.1) is 0 Å². The number of alkyl halides is 3. The highest BCUT2D eigenvalue weighted by Gasteiger charge is 2.22. The van der Waals surface area contributed by atoms with Crippen molar-refractivity contribution in [1.82, 2.24) is 0 Å². The van der Waals surface area contributed by atoms with Crippen molar-refractivity contribution in [2.75, 3.05) is 0 Å². The molecule has 0 atom stereocenters. The molecule has 0 nitrogen and oxygen atoms in total. The Hall–Kier alpha value is 0.260. The molecule has 0 rings (SSSR count). The van der Waals surface area contributed by atoms with Crippen LogP contribution in [0.4, 0.5) is 13.2 Å². The predicted molar refractivity (Wildman–Crippen MR) is 33.8 cm³/mol. The molecule has 4 heteroatoms. The van der Waals surface area contributed by atoms with Gasteiger partial charge in [0.25, 0.3) is 0 Å². The average molecular weight is 236 g/mol. The second-order valence-electron chi connectivity index (χ2n) is 1.27. The van der Waals surface area contributed by atoms with Crippen molar-refractivity contribution in [3.05, 3.63) is 9.66 Å². The number of allylic oxidation sites excluding steroid dienone is 2. The van der Waals surface area contributed by atoms with Crippen LogP contribution in [-0.2, 0) is 0 Å². The molecule has 0 N–H and O–H groups in total. The van der Waals surface area contributed by atoms with E-state index in [2.05, 4.69) is 0 Å². The summed E-state index contributed by atoms with van der Waals surface area (Å²) in [6.07, 6.45) is -3.89. The minimum absolute atomic E-state index is 0.245. The Morgan fingerprint density at radius 2 is 1.88 bits per heavy atom. The Bertz CT molecular complexity index is 98.3. The molecule has 0 saturated heterocycles. The van der Waals surface area contributed by atoms with Gasteiger partial charge in [-0.25, -0.2) is 0 Å². The van der Waals surface area contributed by atoms with E-state index in [0.29, 0.717) is 0 Å². The largest absolute Gasteiger partial charge is 0.410 e. The summed E-state index contributed by atoms with van der Waals surface area (Å²) >= 11 is 1.61. The van der Waals surface area contributed by atoms with Gasteiger partial charge in [-0.2, -0.15) is 13.2 Å². The first-order valence-electron chi connectivity index (χ1n) is 1.83. The summed E-state index contributed by atoms with van der Waals surface area (Å²) < 4.78 is 33.9. The molecule has 0 saturated carbocycles. The van der Waals surface area contributed by atoms with Crippen molar-refractivity contribution in [2.24, 2.45) is 0 Å². The van der Waals surface area contributed by atoms with Crippen molar-refractivity contribution < 1.29 is 13.2 Å². The molecule has 0 aromatic carbocycles. The Morgan fingerprint density at radius 3 is 1.88 bits per heavy atom. The summed E-state index contributed by atoms with van der Waals surface area (Å²) in [5.41, 5.74) is 0. The second kappa shape index (κ2) is 2.70. The highest BCUT2D eigenvalue weighted by molar-refractivity contribution is 14.1. The topological polar surface area (TPSA) is 0 Å². The molecule has 0 heterocycles. The summed E-state index contributed by atoms with van der Waals surface area (Å²) in [5.74, 6) is 0. The summed E-state index contributed by atoms with van der Waals surface area (Å²) in [6.45, 7) is 1.40. The van der Waals surface area contributed by atoms with Crippen LogP contribution in [0.5, 0.6) is 0 Å². The highest BCUT2D eigenvalue weighted by Crippen LogP contribution is 2.20. The van der Waals surface area contributed by atoms with Crippen LogP contribution < -0.4 is 0 Å². The maximum atomic E-state index is 11.2. The lowest BCUT2D eigenvalue weighted by Gasteiger charge is -1.96. The van der Waals surface area contributed by atoms with Crippen LogP contribution >= 0.6 is 22.6 Å². The zero-order chi connectivity index (χ0) is 6.78. The quantitative estimate of drug-likeness (QED) is 0.567. The molecule has 0 fully saturated rings. The maximum absolute atomic E-state index is 11.2. The van der Waals surface area contributed by atoms with Crippen LogP contribution in [0.25, 0.3) is 0 Å². The molecule has 0 spiro atoms. The van der Waals surface area contributed by atoms with Crippen LogP contribution in [-0.4, -0.2) is 6.18 Å². The lowest BCUT2D eigenvalue weighted by Crippen LogP contribution is -2.00. The molecule has 0 unspecified atom stereocenters. The van der Waals surface area contributed by atoms with E-state index in [1.807, 2.05) is 0 Å². The molecular formula is C4H4F3I. The van der Waals surface area contributed by atoms with Gasteiger partial charge in [-0.05, 0) is 33.1 Å². The average Bonchev–Trinajstić information content (AvgIpc) is 1.21. The van der Waals surface area contributed by atoms with Gasteiger partial charge in [0.05, 0.1) is 0 Å². The van der Waals surface area contributed by atoms with Gasteiger partial charge in [0, 0.05) is 6.08 Å². The number of halogens is 4. The third-order valence-electron chi connectivity index (χ3n) is 0.363. The van der Waals surface area contributed by atoms with Crippen LogP contribution in [0.1, 0.15) is 6.92 Å². The van der Waals surface area contributed by atoms with Crippen molar-refractivity contribution in [3.8, 4) is 0 Å². The maximum Gasteiger partial charge on any atom is 0.410 e. The monoisotopic (exact) mass is 236 g/mol. The first kappa shape index (κ1) is 8.26. The van der Waals surface area contributed by atoms with Gasteiger partial charge in [0.2, 0.25) is 0 Å². The fourth-order valence-corrected chi connectivity index (χ4v) is 0.579. The third kappa shape index (κ3) is 6.26. The summed E-state index contributed by atoms with van der Waals surface area (Å²) in [4.78, 5) is 0. The Kier molecular flexibility index (Phi) is 2.79. The van der Waals surface area contributed by atoms with Crippen molar-refractivity contribution in [3.63, 3.8) is 0 Å². The summed E-state index contributed by atoms with van der Waals surface area (Å²) in [5, 5.41) is 0. The Morgan fingerprint density at radius 1 is 1.50 bits per heavy atom. The van der Waals surface area contributed by atoms with E-state index in [-0.39, 0.29) is 9.66 Å². The standard InChI is InChI=1S/C4H4F3I/c1-3(8)2-4(5,6)7/h2H,1H3. The molecule has 48 valence electrons. The lowest BCUT2D eigenvalue weighted by molar-refractivity contribution is -0.0800. The van der Waals surface area contributed by atoms with Crippen molar-refractivity contribution >= 4 is 22.6 Å². The number of hydrogen-bond acceptors (Lipinski definition) is 0. The molecule has 0 aromatic rings. The van der Waals surface area contributed by atoms with Gasteiger partial charge >= 0.3 is 6.18 Å². The smallest absolute Gasteiger partial charge is 0.167 e. The van der Waals surface area contributed by atoms with E-state index >= 15 is 0 Å². The fraction of sp³-hybridized carbons (Fsp3) is 0.500. The van der Waals surface area contributed by atoms with E-state index in [1.165, 1.54) is 6.92 Å². The zero-order valence-electron chi connectivity index (χ0n) is 4.09. The van der Waals surface area contributed by atoms with Crippen LogP contribution in [0.2, 0.25) is 0 Å². The first-order valence-corrected chi connectivity index (χ1v) is 2.91. The predicted octanol–water partition coefficient (Wildman–Crippen LogP) is 2.89. The van der Waals surface area contributed by atoms with E-state index in [4.69, 9.17) is 0 Å². The van der Waals surface area contributed by atoms with Crippen LogP contribution in [0, 0.1) is 0 Å².